The molecule has 1 aromatic heterocycles. The number of hydrogen-bond donors (Lipinski definition) is 2. The van der Waals surface area contributed by atoms with Gasteiger partial charge in [-0.05, 0) is 43.9 Å². The number of carbonyl (C=O) groups is 2. The minimum absolute atomic E-state index is 0.00293. The van der Waals surface area contributed by atoms with Gasteiger partial charge in [-0.25, -0.2) is 9.18 Å². The molecule has 1 aliphatic heterocycles. The van der Waals surface area contributed by atoms with Gasteiger partial charge in [0.1, 0.15) is 11.5 Å². The predicted octanol–water partition coefficient (Wildman–Crippen LogP) is 3.17. The van der Waals surface area contributed by atoms with Gasteiger partial charge in [0.25, 0.3) is 0 Å². The Balaban J connectivity index is 1.61. The molecule has 1 aromatic carbocycles. The fourth-order valence-electron chi connectivity index (χ4n) is 3.90. The molecular formula is C22H25FN4O3S. The Morgan fingerprint density at radius 2 is 2.03 bits per heavy atom. The van der Waals surface area contributed by atoms with Gasteiger partial charge in [-0.1, -0.05) is 18.2 Å². The van der Waals surface area contributed by atoms with Crippen LogP contribution in [-0.4, -0.2) is 55.1 Å². The lowest BCUT2D eigenvalue weighted by molar-refractivity contribution is -0.141. The number of carbonyl (C=O) groups excluding carboxylic acids is 1. The Bertz CT molecular complexity index is 1020. The van der Waals surface area contributed by atoms with Crippen LogP contribution in [0.3, 0.4) is 0 Å². The maximum Gasteiger partial charge on any atom is 0.330 e. The van der Waals surface area contributed by atoms with Crippen molar-refractivity contribution in [1.82, 2.24) is 19.9 Å². The molecule has 2 heterocycles. The second-order valence-corrected chi connectivity index (χ2v) is 8.82. The van der Waals surface area contributed by atoms with Gasteiger partial charge in [0.2, 0.25) is 0 Å². The molecule has 9 heteroatoms. The minimum Gasteiger partial charge on any atom is -0.480 e. The number of Topliss-reactive ketones (excluding diaryl/α,β-unsaturated/α-hetero) is 1. The van der Waals surface area contributed by atoms with E-state index >= 15 is 0 Å². The van der Waals surface area contributed by atoms with Crippen LogP contribution in [0.1, 0.15) is 49.5 Å². The fourth-order valence-corrected chi connectivity index (χ4v) is 4.17. The number of carboxylic acid groups (broad SMARTS) is 1. The van der Waals surface area contributed by atoms with Gasteiger partial charge in [-0.3, -0.25) is 9.69 Å². The largest absolute Gasteiger partial charge is 0.480 e. The van der Waals surface area contributed by atoms with Crippen molar-refractivity contribution in [3.8, 4) is 0 Å². The first kappa shape index (κ1) is 21.7. The van der Waals surface area contributed by atoms with Gasteiger partial charge >= 0.3 is 5.97 Å². The van der Waals surface area contributed by atoms with E-state index in [-0.39, 0.29) is 22.8 Å². The van der Waals surface area contributed by atoms with E-state index in [0.717, 1.165) is 23.2 Å². The number of ketones is 1. The van der Waals surface area contributed by atoms with Crippen molar-refractivity contribution in [3.63, 3.8) is 0 Å². The molecule has 31 heavy (non-hydrogen) atoms. The number of likely N-dealkylation sites (tertiary alicyclic amines) is 1. The van der Waals surface area contributed by atoms with Crippen LogP contribution in [0, 0.1) is 11.7 Å². The molecule has 2 fully saturated rings. The van der Waals surface area contributed by atoms with Crippen molar-refractivity contribution in [3.05, 3.63) is 53.1 Å². The number of aliphatic carboxylic acids is 1. The van der Waals surface area contributed by atoms with E-state index in [0.29, 0.717) is 30.8 Å². The first-order chi connectivity index (χ1) is 14.8. The SMILES string of the molecule is CC(C(=O)O)n1ncc(/C=C2\CN(C(C(=O)C3CC3)c3ccccc3F)CCC2S)n1. The average Bonchev–Trinajstić information content (AvgIpc) is 3.50. The van der Waals surface area contributed by atoms with E-state index in [1.54, 1.807) is 18.2 Å². The summed E-state index contributed by atoms with van der Waals surface area (Å²) in [5.41, 5.74) is 1.88. The zero-order valence-corrected chi connectivity index (χ0v) is 18.1. The molecule has 2 aromatic rings. The molecule has 164 valence electrons. The van der Waals surface area contributed by atoms with Crippen LogP contribution >= 0.6 is 12.6 Å². The maximum absolute atomic E-state index is 14.6. The lowest BCUT2D eigenvalue weighted by atomic mass is 9.93. The van der Waals surface area contributed by atoms with E-state index in [1.165, 1.54) is 19.2 Å². The summed E-state index contributed by atoms with van der Waals surface area (Å²) < 4.78 is 14.6. The third-order valence-electron chi connectivity index (χ3n) is 5.88. The molecule has 4 rings (SSSR count). The van der Waals surface area contributed by atoms with Crippen molar-refractivity contribution < 1.29 is 19.1 Å². The van der Waals surface area contributed by atoms with Gasteiger partial charge in [0.15, 0.2) is 11.8 Å². The molecule has 0 amide bonds. The normalized spacial score (nSPS) is 22.9. The summed E-state index contributed by atoms with van der Waals surface area (Å²) in [6.45, 7) is 2.59. The highest BCUT2D eigenvalue weighted by Gasteiger charge is 2.40. The van der Waals surface area contributed by atoms with Gasteiger partial charge < -0.3 is 5.11 Å². The monoisotopic (exact) mass is 444 g/mol. The summed E-state index contributed by atoms with van der Waals surface area (Å²) >= 11 is 4.69. The van der Waals surface area contributed by atoms with Gasteiger partial charge in [-0.2, -0.15) is 27.6 Å². The van der Waals surface area contributed by atoms with E-state index in [1.807, 2.05) is 11.0 Å². The van der Waals surface area contributed by atoms with Crippen LogP contribution in [0.25, 0.3) is 6.08 Å². The number of rotatable bonds is 7. The van der Waals surface area contributed by atoms with Gasteiger partial charge in [-0.15, -0.1) is 0 Å². The number of aromatic nitrogens is 3. The Hall–Kier alpha value is -2.52. The number of halogens is 1. The van der Waals surface area contributed by atoms with Crippen LogP contribution in [0.15, 0.2) is 36.0 Å². The highest BCUT2D eigenvalue weighted by atomic mass is 32.1. The fraction of sp³-hybridized carbons (Fsp3) is 0.455. The van der Waals surface area contributed by atoms with E-state index in [2.05, 4.69) is 22.8 Å². The topological polar surface area (TPSA) is 88.3 Å². The highest BCUT2D eigenvalue weighted by molar-refractivity contribution is 7.81. The van der Waals surface area contributed by atoms with E-state index in [4.69, 9.17) is 5.11 Å². The van der Waals surface area contributed by atoms with Crippen molar-refractivity contribution in [1.29, 1.82) is 0 Å². The summed E-state index contributed by atoms with van der Waals surface area (Å²) in [5.74, 6) is -1.31. The second kappa shape index (κ2) is 8.92. The van der Waals surface area contributed by atoms with E-state index in [9.17, 15) is 14.0 Å². The minimum atomic E-state index is -1.02. The number of piperidine rings is 1. The molecule has 3 atom stereocenters. The van der Waals surface area contributed by atoms with Crippen molar-refractivity contribution >= 4 is 30.5 Å². The lowest BCUT2D eigenvalue weighted by Crippen LogP contribution is -2.42. The molecule has 2 aliphatic rings. The van der Waals surface area contributed by atoms with Crippen LogP contribution < -0.4 is 0 Å². The summed E-state index contributed by atoms with van der Waals surface area (Å²) in [6.07, 6.45) is 5.77. The first-order valence-electron chi connectivity index (χ1n) is 10.4. The Labute approximate surface area is 185 Å². The Morgan fingerprint density at radius 3 is 2.71 bits per heavy atom. The molecule has 1 aliphatic carbocycles. The molecule has 0 radical (unpaired) electrons. The smallest absolute Gasteiger partial charge is 0.330 e. The van der Waals surface area contributed by atoms with Gasteiger partial charge in [0.05, 0.1) is 12.2 Å². The highest BCUT2D eigenvalue weighted by Crippen LogP contribution is 2.39. The second-order valence-electron chi connectivity index (χ2n) is 8.20. The Kier molecular flexibility index (Phi) is 6.24. The van der Waals surface area contributed by atoms with Crippen molar-refractivity contribution in [2.24, 2.45) is 5.92 Å². The zero-order valence-electron chi connectivity index (χ0n) is 17.2. The number of hydrogen-bond acceptors (Lipinski definition) is 6. The quantitative estimate of drug-likeness (QED) is 0.638. The maximum atomic E-state index is 14.6. The standard InChI is InChI=1S/C22H25FN4O3S/c1-13(22(29)30)27-24-11-16(25-27)10-15-12-26(9-8-19(15)31)20(21(28)14-6-7-14)17-4-2-3-5-18(17)23/h2-5,10-11,13-14,19-20,31H,6-9,12H2,1H3,(H,29,30)/b15-10+. The van der Waals surface area contributed by atoms with Crippen molar-refractivity contribution in [2.45, 2.75) is 43.5 Å². The third kappa shape index (κ3) is 4.72. The summed E-state index contributed by atoms with van der Waals surface area (Å²) in [7, 11) is 0. The molecule has 0 bridgehead atoms. The molecule has 0 spiro atoms. The number of nitrogens with zero attached hydrogens (tertiary/aromatic N) is 4. The number of carboxylic acids is 1. The predicted molar refractivity (Wildman–Crippen MR) is 116 cm³/mol. The number of benzene rings is 1. The van der Waals surface area contributed by atoms with Crippen molar-refractivity contribution in [2.75, 3.05) is 13.1 Å². The van der Waals surface area contributed by atoms with Crippen LogP contribution in [0.2, 0.25) is 0 Å². The Morgan fingerprint density at radius 1 is 1.29 bits per heavy atom. The lowest BCUT2D eigenvalue weighted by Gasteiger charge is -2.37. The van der Waals surface area contributed by atoms with E-state index < -0.39 is 18.1 Å². The first-order valence-corrected chi connectivity index (χ1v) is 10.9. The zero-order chi connectivity index (χ0) is 22.1. The summed E-state index contributed by atoms with van der Waals surface area (Å²) in [5, 5.41) is 17.4. The van der Waals surface area contributed by atoms with Gasteiger partial charge in [0, 0.05) is 29.8 Å². The molecule has 1 saturated heterocycles. The molecule has 7 nitrogen and oxygen atoms in total. The molecular weight excluding hydrogens is 419 g/mol. The van der Waals surface area contributed by atoms with Crippen LogP contribution in [-0.2, 0) is 9.59 Å². The summed E-state index contributed by atoms with van der Waals surface area (Å²) in [4.78, 5) is 27.4. The molecule has 3 unspecified atom stereocenters. The third-order valence-corrected chi connectivity index (χ3v) is 6.47. The van der Waals surface area contributed by atoms with Crippen LogP contribution in [0.5, 0.6) is 0 Å². The number of thiol groups is 1. The molecule has 1 saturated carbocycles. The van der Waals surface area contributed by atoms with Crippen LogP contribution in [0.4, 0.5) is 4.39 Å². The average molecular weight is 445 g/mol. The molecule has 1 N–H and O–H groups in total. The summed E-state index contributed by atoms with van der Waals surface area (Å²) in [6, 6.07) is 4.98.